The van der Waals surface area contributed by atoms with Gasteiger partial charge in [0.05, 0.1) is 0 Å². The second-order valence-electron chi connectivity index (χ2n) is 5.60. The van der Waals surface area contributed by atoms with Crippen molar-refractivity contribution in [1.29, 1.82) is 0 Å². The van der Waals surface area contributed by atoms with Crippen LogP contribution in [0.3, 0.4) is 0 Å². The van der Waals surface area contributed by atoms with Crippen molar-refractivity contribution < 1.29 is 0 Å². The van der Waals surface area contributed by atoms with E-state index in [2.05, 4.69) is 67.2 Å². The van der Waals surface area contributed by atoms with Gasteiger partial charge < -0.3 is 5.32 Å². The Labute approximate surface area is 114 Å². The zero-order valence-corrected chi connectivity index (χ0v) is 12.2. The molecule has 0 aliphatic rings. The van der Waals surface area contributed by atoms with E-state index in [1.807, 2.05) is 0 Å². The van der Waals surface area contributed by atoms with Gasteiger partial charge in [0.15, 0.2) is 0 Å². The number of anilines is 1. The van der Waals surface area contributed by atoms with E-state index in [1.54, 1.807) is 11.3 Å². The Bertz CT molecular complexity index is 480. The maximum Gasteiger partial charge on any atom is 0.0378 e. The predicted molar refractivity (Wildman–Crippen MR) is 81.7 cm³/mol. The van der Waals surface area contributed by atoms with Crippen LogP contribution in [0.15, 0.2) is 41.1 Å². The molecule has 1 nitrogen and oxygen atoms in total. The van der Waals surface area contributed by atoms with Gasteiger partial charge in [-0.15, -0.1) is 0 Å². The van der Waals surface area contributed by atoms with Crippen LogP contribution in [0.5, 0.6) is 0 Å². The van der Waals surface area contributed by atoms with Crippen molar-refractivity contribution in [2.45, 2.75) is 32.6 Å². The molecule has 96 valence electrons. The van der Waals surface area contributed by atoms with Crippen LogP contribution in [0.25, 0.3) is 0 Å². The SMILES string of the molecule is CC(C)(C)c1ccccc1NCCc1ccsc1. The van der Waals surface area contributed by atoms with E-state index in [0.717, 1.165) is 13.0 Å². The molecular formula is C16H21NS. The lowest BCUT2D eigenvalue weighted by Crippen LogP contribution is -2.15. The van der Waals surface area contributed by atoms with Crippen LogP contribution < -0.4 is 5.32 Å². The summed E-state index contributed by atoms with van der Waals surface area (Å²) in [4.78, 5) is 0. The van der Waals surface area contributed by atoms with E-state index in [-0.39, 0.29) is 5.41 Å². The first-order valence-electron chi connectivity index (χ1n) is 6.42. The maximum absolute atomic E-state index is 3.56. The minimum Gasteiger partial charge on any atom is -0.384 e. The topological polar surface area (TPSA) is 12.0 Å². The summed E-state index contributed by atoms with van der Waals surface area (Å²) in [7, 11) is 0. The monoisotopic (exact) mass is 259 g/mol. The lowest BCUT2D eigenvalue weighted by Gasteiger charge is -2.23. The van der Waals surface area contributed by atoms with Crippen LogP contribution in [0.2, 0.25) is 0 Å². The third-order valence-electron chi connectivity index (χ3n) is 3.04. The van der Waals surface area contributed by atoms with Crippen LogP contribution in [0, 0.1) is 0 Å². The summed E-state index contributed by atoms with van der Waals surface area (Å²) in [6.45, 7) is 7.76. The van der Waals surface area contributed by atoms with Crippen molar-refractivity contribution in [1.82, 2.24) is 0 Å². The summed E-state index contributed by atoms with van der Waals surface area (Å²) >= 11 is 1.77. The van der Waals surface area contributed by atoms with Crippen molar-refractivity contribution in [3.8, 4) is 0 Å². The van der Waals surface area contributed by atoms with E-state index in [9.17, 15) is 0 Å². The molecule has 0 bridgehead atoms. The van der Waals surface area contributed by atoms with Crippen molar-refractivity contribution in [2.24, 2.45) is 0 Å². The first-order valence-corrected chi connectivity index (χ1v) is 7.36. The molecule has 2 heteroatoms. The van der Waals surface area contributed by atoms with E-state index in [1.165, 1.54) is 16.8 Å². The van der Waals surface area contributed by atoms with Gasteiger partial charge in [-0.1, -0.05) is 39.0 Å². The van der Waals surface area contributed by atoms with Crippen LogP contribution in [-0.4, -0.2) is 6.54 Å². The zero-order valence-electron chi connectivity index (χ0n) is 11.4. The van der Waals surface area contributed by atoms with Crippen LogP contribution in [0.4, 0.5) is 5.69 Å². The van der Waals surface area contributed by atoms with Crippen molar-refractivity contribution >= 4 is 17.0 Å². The van der Waals surface area contributed by atoms with Crippen molar-refractivity contribution in [3.05, 3.63) is 52.2 Å². The van der Waals surface area contributed by atoms with Gasteiger partial charge in [0.25, 0.3) is 0 Å². The highest BCUT2D eigenvalue weighted by atomic mass is 32.1. The Morgan fingerprint density at radius 3 is 2.56 bits per heavy atom. The molecule has 1 aromatic carbocycles. The summed E-state index contributed by atoms with van der Waals surface area (Å²) in [5.74, 6) is 0. The molecule has 1 aromatic heterocycles. The summed E-state index contributed by atoms with van der Waals surface area (Å²) in [6.07, 6.45) is 1.09. The smallest absolute Gasteiger partial charge is 0.0378 e. The van der Waals surface area contributed by atoms with Crippen LogP contribution in [-0.2, 0) is 11.8 Å². The maximum atomic E-state index is 3.56. The minimum atomic E-state index is 0.186. The predicted octanol–water partition coefficient (Wildman–Crippen LogP) is 4.70. The van der Waals surface area contributed by atoms with Gasteiger partial charge in [0.2, 0.25) is 0 Å². The summed E-state index contributed by atoms with van der Waals surface area (Å²) < 4.78 is 0. The number of nitrogens with one attached hydrogen (secondary N) is 1. The molecule has 1 heterocycles. The molecular weight excluding hydrogens is 238 g/mol. The van der Waals surface area contributed by atoms with Gasteiger partial charge >= 0.3 is 0 Å². The number of hydrogen-bond donors (Lipinski definition) is 1. The lowest BCUT2D eigenvalue weighted by molar-refractivity contribution is 0.591. The molecule has 18 heavy (non-hydrogen) atoms. The van der Waals surface area contributed by atoms with Gasteiger partial charge in [0, 0.05) is 12.2 Å². The summed E-state index contributed by atoms with van der Waals surface area (Å²) in [5.41, 5.74) is 4.25. The summed E-state index contributed by atoms with van der Waals surface area (Å²) in [6, 6.07) is 10.8. The second kappa shape index (κ2) is 5.57. The van der Waals surface area contributed by atoms with Gasteiger partial charge in [-0.25, -0.2) is 0 Å². The van der Waals surface area contributed by atoms with Crippen molar-refractivity contribution in [2.75, 3.05) is 11.9 Å². The number of hydrogen-bond acceptors (Lipinski definition) is 2. The molecule has 2 aromatic rings. The number of rotatable bonds is 4. The average molecular weight is 259 g/mol. The van der Waals surface area contributed by atoms with E-state index < -0.39 is 0 Å². The fraction of sp³-hybridized carbons (Fsp3) is 0.375. The molecule has 2 rings (SSSR count). The van der Waals surface area contributed by atoms with Gasteiger partial charge in [-0.2, -0.15) is 11.3 Å². The molecule has 0 amide bonds. The first kappa shape index (κ1) is 13.2. The lowest BCUT2D eigenvalue weighted by atomic mass is 9.86. The normalized spacial score (nSPS) is 11.5. The Kier molecular flexibility index (Phi) is 4.07. The fourth-order valence-electron chi connectivity index (χ4n) is 2.07. The largest absolute Gasteiger partial charge is 0.384 e. The van der Waals surface area contributed by atoms with Crippen LogP contribution in [0.1, 0.15) is 31.9 Å². The standard InChI is InChI=1S/C16H21NS/c1-16(2,3)14-6-4-5-7-15(14)17-10-8-13-9-11-18-12-13/h4-7,9,11-12,17H,8,10H2,1-3H3. The van der Waals surface area contributed by atoms with Crippen LogP contribution >= 0.6 is 11.3 Å². The number of benzene rings is 1. The highest BCUT2D eigenvalue weighted by Crippen LogP contribution is 2.29. The highest BCUT2D eigenvalue weighted by molar-refractivity contribution is 7.07. The van der Waals surface area contributed by atoms with E-state index in [0.29, 0.717) is 0 Å². The molecule has 0 fully saturated rings. The molecule has 0 saturated carbocycles. The quantitative estimate of drug-likeness (QED) is 0.839. The van der Waals surface area contributed by atoms with E-state index in [4.69, 9.17) is 0 Å². The number of thiophene rings is 1. The fourth-order valence-corrected chi connectivity index (χ4v) is 2.77. The Morgan fingerprint density at radius 1 is 1.11 bits per heavy atom. The molecule has 0 aliphatic heterocycles. The Balaban J connectivity index is 2.01. The van der Waals surface area contributed by atoms with E-state index >= 15 is 0 Å². The molecule has 0 spiro atoms. The Hall–Kier alpha value is -1.28. The number of para-hydroxylation sites is 1. The highest BCUT2D eigenvalue weighted by Gasteiger charge is 2.16. The molecule has 0 aliphatic carbocycles. The van der Waals surface area contributed by atoms with Gasteiger partial charge in [0.1, 0.15) is 0 Å². The first-order chi connectivity index (χ1) is 8.57. The third-order valence-corrected chi connectivity index (χ3v) is 3.78. The summed E-state index contributed by atoms with van der Waals surface area (Å²) in [5, 5.41) is 7.92. The third kappa shape index (κ3) is 3.36. The molecule has 0 atom stereocenters. The molecule has 1 N–H and O–H groups in total. The molecule has 0 radical (unpaired) electrons. The van der Waals surface area contributed by atoms with Crippen molar-refractivity contribution in [3.63, 3.8) is 0 Å². The Morgan fingerprint density at radius 2 is 1.89 bits per heavy atom. The van der Waals surface area contributed by atoms with Gasteiger partial charge in [-0.3, -0.25) is 0 Å². The molecule has 0 unspecified atom stereocenters. The second-order valence-corrected chi connectivity index (χ2v) is 6.38. The van der Waals surface area contributed by atoms with Gasteiger partial charge in [-0.05, 0) is 45.9 Å². The average Bonchev–Trinajstić information content (AvgIpc) is 2.81. The molecule has 0 saturated heterocycles. The zero-order chi connectivity index (χ0) is 13.0. The minimum absolute atomic E-state index is 0.186.